The molecule has 1 saturated heterocycles. The lowest BCUT2D eigenvalue weighted by Crippen LogP contribution is -2.42. The van der Waals surface area contributed by atoms with Gasteiger partial charge in [-0.2, -0.15) is 9.29 Å². The van der Waals surface area contributed by atoms with E-state index in [1.165, 1.54) is 26.1 Å². The summed E-state index contributed by atoms with van der Waals surface area (Å²) in [5.74, 6) is -0.759. The highest BCUT2D eigenvalue weighted by Gasteiger charge is 2.50. The summed E-state index contributed by atoms with van der Waals surface area (Å²) in [5.41, 5.74) is 4.71. The van der Waals surface area contributed by atoms with Crippen molar-refractivity contribution < 1.29 is 51.3 Å². The second-order valence-corrected chi connectivity index (χ2v) is 10.8. The summed E-state index contributed by atoms with van der Waals surface area (Å²) in [7, 11) is -10.0. The van der Waals surface area contributed by atoms with Crippen molar-refractivity contribution in [2.24, 2.45) is 0 Å². The molecular formula is C17H29N3O12P2. The molecule has 0 radical (unpaired) electrons. The van der Waals surface area contributed by atoms with Crippen molar-refractivity contribution in [3.63, 3.8) is 0 Å². The third-order valence-electron chi connectivity index (χ3n) is 4.09. The zero-order valence-corrected chi connectivity index (χ0v) is 21.0. The first-order valence-corrected chi connectivity index (χ1v) is 13.1. The maximum absolute atomic E-state index is 12.4. The molecule has 6 atom stereocenters. The Labute approximate surface area is 195 Å². The SMILES string of the molecule is CC(=O)O[C@H]1C(OC(C)C)[C@@H](COP(=O)(O)OP(=O)(O)OC(C)C)O[C@H]1n1ccc(N)nc1=O. The van der Waals surface area contributed by atoms with E-state index in [1.54, 1.807) is 13.8 Å². The molecule has 4 N–H and O–H groups in total. The van der Waals surface area contributed by atoms with Gasteiger partial charge in [-0.25, -0.2) is 13.9 Å². The first kappa shape index (κ1) is 28.6. The zero-order valence-electron chi connectivity index (χ0n) is 19.2. The molecule has 34 heavy (non-hydrogen) atoms. The molecule has 0 saturated carbocycles. The second-order valence-electron chi connectivity index (χ2n) is 7.80. The van der Waals surface area contributed by atoms with Crippen molar-refractivity contribution in [1.29, 1.82) is 0 Å². The monoisotopic (exact) mass is 529 g/mol. The highest BCUT2D eigenvalue weighted by molar-refractivity contribution is 7.61. The predicted octanol–water partition coefficient (Wildman–Crippen LogP) is 1.11. The van der Waals surface area contributed by atoms with E-state index in [0.717, 1.165) is 11.5 Å². The molecule has 1 aliphatic rings. The maximum Gasteiger partial charge on any atom is 0.481 e. The number of rotatable bonds is 11. The molecule has 2 heterocycles. The Kier molecular flexibility index (Phi) is 9.56. The molecule has 1 aromatic heterocycles. The number of hydrogen-bond donors (Lipinski definition) is 3. The van der Waals surface area contributed by atoms with Crippen molar-refractivity contribution in [2.75, 3.05) is 12.3 Å². The Morgan fingerprint density at radius 3 is 2.38 bits per heavy atom. The highest BCUT2D eigenvalue weighted by Crippen LogP contribution is 2.61. The highest BCUT2D eigenvalue weighted by atomic mass is 31.3. The Hall–Kier alpha value is -1.67. The first-order valence-electron chi connectivity index (χ1n) is 10.1. The number of ether oxygens (including phenoxy) is 3. The number of nitrogens with two attached hydrogens (primary N) is 1. The van der Waals surface area contributed by atoms with Crippen LogP contribution in [0.4, 0.5) is 5.82 Å². The molecule has 1 aromatic rings. The molecule has 194 valence electrons. The molecule has 0 bridgehead atoms. The number of phosphoric acid groups is 2. The van der Waals surface area contributed by atoms with Crippen LogP contribution in [0.15, 0.2) is 17.1 Å². The van der Waals surface area contributed by atoms with Gasteiger partial charge in [-0.3, -0.25) is 18.4 Å². The Morgan fingerprint density at radius 1 is 1.21 bits per heavy atom. The molecule has 17 heteroatoms. The van der Waals surface area contributed by atoms with E-state index in [9.17, 15) is 28.5 Å². The van der Waals surface area contributed by atoms with Gasteiger partial charge in [-0.1, -0.05) is 0 Å². The average molecular weight is 529 g/mol. The van der Waals surface area contributed by atoms with E-state index < -0.39 is 70.7 Å². The van der Waals surface area contributed by atoms with E-state index in [0.29, 0.717) is 0 Å². The molecule has 0 aromatic carbocycles. The number of aromatic nitrogens is 2. The fraction of sp³-hybridized carbons (Fsp3) is 0.706. The topological polar surface area (TPSA) is 208 Å². The van der Waals surface area contributed by atoms with Gasteiger partial charge in [-0.15, -0.1) is 0 Å². The molecule has 0 spiro atoms. The van der Waals surface area contributed by atoms with Crippen LogP contribution in [0.5, 0.6) is 0 Å². The van der Waals surface area contributed by atoms with Gasteiger partial charge < -0.3 is 29.7 Å². The summed E-state index contributed by atoms with van der Waals surface area (Å²) < 4.78 is 55.7. The molecule has 0 amide bonds. The number of esters is 1. The number of nitrogen functional groups attached to an aromatic ring is 1. The normalized spacial score (nSPS) is 26.4. The van der Waals surface area contributed by atoms with E-state index in [-0.39, 0.29) is 5.82 Å². The van der Waals surface area contributed by atoms with E-state index in [4.69, 9.17) is 24.5 Å². The third-order valence-corrected chi connectivity index (χ3v) is 6.91. The molecule has 0 aliphatic carbocycles. The second kappa shape index (κ2) is 11.4. The summed E-state index contributed by atoms with van der Waals surface area (Å²) >= 11 is 0. The van der Waals surface area contributed by atoms with Crippen molar-refractivity contribution >= 4 is 27.4 Å². The molecular weight excluding hydrogens is 500 g/mol. The first-order chi connectivity index (χ1) is 15.6. The smallest absolute Gasteiger partial charge is 0.455 e. The van der Waals surface area contributed by atoms with Gasteiger partial charge in [0.05, 0.1) is 18.8 Å². The van der Waals surface area contributed by atoms with Crippen LogP contribution in [-0.4, -0.2) is 62.4 Å². The number of hydrogen-bond acceptors (Lipinski definition) is 12. The van der Waals surface area contributed by atoms with Gasteiger partial charge in [0, 0.05) is 13.1 Å². The van der Waals surface area contributed by atoms with Crippen LogP contribution in [0.2, 0.25) is 0 Å². The van der Waals surface area contributed by atoms with Crippen molar-refractivity contribution in [3.8, 4) is 0 Å². The minimum atomic E-state index is -5.12. The fourth-order valence-electron chi connectivity index (χ4n) is 3.09. The summed E-state index contributed by atoms with van der Waals surface area (Å²) in [6, 6.07) is 1.32. The minimum absolute atomic E-state index is 0.0476. The molecule has 1 aliphatic heterocycles. The molecule has 1 fully saturated rings. The molecule has 2 rings (SSSR count). The zero-order chi connectivity index (χ0) is 25.8. The Bertz CT molecular complexity index is 1020. The lowest BCUT2D eigenvalue weighted by atomic mass is 10.1. The standard InChI is InChI=1S/C17H29N3O12P2/c1-9(2)28-14-12(8-27-33(23,24)32-34(25,26)31-10(3)4)30-16(15(14)29-11(5)21)20-7-6-13(18)19-17(20)22/h6-7,9-10,12,14-16H,8H2,1-5H3,(H,23,24)(H,25,26)(H2,18,19,22)/t12-,14?,15+,16-/m1/s1. The molecule has 15 nitrogen and oxygen atoms in total. The van der Waals surface area contributed by atoms with Crippen molar-refractivity contribution in [1.82, 2.24) is 9.55 Å². The number of carbonyl (C=O) groups excluding carboxylic acids is 1. The van der Waals surface area contributed by atoms with Gasteiger partial charge in [0.2, 0.25) is 0 Å². The molecule has 3 unspecified atom stereocenters. The largest absolute Gasteiger partial charge is 0.481 e. The quantitative estimate of drug-likeness (QED) is 0.271. The van der Waals surface area contributed by atoms with E-state index in [2.05, 4.69) is 13.8 Å². The van der Waals surface area contributed by atoms with Gasteiger partial charge in [0.15, 0.2) is 12.3 Å². The maximum atomic E-state index is 12.4. The number of phosphoric ester groups is 2. The van der Waals surface area contributed by atoms with E-state index in [1.807, 2.05) is 0 Å². The van der Waals surface area contributed by atoms with Crippen LogP contribution in [-0.2, 0) is 41.5 Å². The summed E-state index contributed by atoms with van der Waals surface area (Å²) in [6.07, 6.45) is -4.65. The lowest BCUT2D eigenvalue weighted by molar-refractivity contribution is -0.159. The van der Waals surface area contributed by atoms with Gasteiger partial charge >= 0.3 is 27.3 Å². The Morgan fingerprint density at radius 2 is 1.85 bits per heavy atom. The Balaban J connectivity index is 2.30. The van der Waals surface area contributed by atoms with Crippen molar-refractivity contribution in [2.45, 2.75) is 71.4 Å². The third kappa shape index (κ3) is 8.22. The number of carbonyl (C=O) groups is 1. The number of anilines is 1. The van der Waals surface area contributed by atoms with Crippen LogP contribution < -0.4 is 11.4 Å². The van der Waals surface area contributed by atoms with Crippen LogP contribution in [0, 0.1) is 0 Å². The lowest BCUT2D eigenvalue weighted by Gasteiger charge is -2.26. The summed E-state index contributed by atoms with van der Waals surface area (Å²) in [6.45, 7) is 6.62. The summed E-state index contributed by atoms with van der Waals surface area (Å²) in [5, 5.41) is 0. The van der Waals surface area contributed by atoms with Gasteiger partial charge in [-0.05, 0) is 33.8 Å². The van der Waals surface area contributed by atoms with Crippen LogP contribution in [0.3, 0.4) is 0 Å². The predicted molar refractivity (Wildman–Crippen MR) is 115 cm³/mol. The van der Waals surface area contributed by atoms with Crippen LogP contribution in [0.25, 0.3) is 0 Å². The fourth-order valence-corrected chi connectivity index (χ4v) is 5.34. The van der Waals surface area contributed by atoms with Crippen LogP contribution in [0.1, 0.15) is 40.8 Å². The van der Waals surface area contributed by atoms with Gasteiger partial charge in [0.25, 0.3) is 0 Å². The van der Waals surface area contributed by atoms with Gasteiger partial charge in [0.1, 0.15) is 18.0 Å². The number of nitrogens with zero attached hydrogens (tertiary/aromatic N) is 2. The summed E-state index contributed by atoms with van der Waals surface area (Å²) in [4.78, 5) is 47.2. The van der Waals surface area contributed by atoms with Crippen LogP contribution >= 0.6 is 15.6 Å². The van der Waals surface area contributed by atoms with Crippen molar-refractivity contribution in [3.05, 3.63) is 22.7 Å². The minimum Gasteiger partial charge on any atom is -0.455 e. The average Bonchev–Trinajstić information content (AvgIpc) is 2.94. The van der Waals surface area contributed by atoms with E-state index >= 15 is 0 Å².